The van der Waals surface area contributed by atoms with Gasteiger partial charge in [-0.2, -0.15) is 5.10 Å². The zero-order valence-electron chi connectivity index (χ0n) is 15.3. The molecule has 26 heavy (non-hydrogen) atoms. The molecule has 0 saturated carbocycles. The Bertz CT molecular complexity index is 774. The average Bonchev–Trinajstić information content (AvgIpc) is 3.41. The number of nitrogens with zero attached hydrogens (tertiary/aromatic N) is 2. The zero-order valence-corrected chi connectivity index (χ0v) is 15.3. The van der Waals surface area contributed by atoms with Crippen molar-refractivity contribution in [2.24, 2.45) is 5.10 Å². The van der Waals surface area contributed by atoms with Gasteiger partial charge in [0.25, 0.3) is 0 Å². The van der Waals surface area contributed by atoms with Crippen LogP contribution in [0.2, 0.25) is 0 Å². The van der Waals surface area contributed by atoms with Crippen LogP contribution < -0.4 is 4.90 Å². The van der Waals surface area contributed by atoms with Gasteiger partial charge in [-0.25, -0.2) is 5.01 Å². The summed E-state index contributed by atoms with van der Waals surface area (Å²) in [6, 6.07) is 12.0. The van der Waals surface area contributed by atoms with Gasteiger partial charge in [-0.1, -0.05) is 29.8 Å². The third-order valence-electron chi connectivity index (χ3n) is 5.43. The van der Waals surface area contributed by atoms with E-state index in [0.717, 1.165) is 23.6 Å². The number of carbonyl (C=O) groups is 1. The van der Waals surface area contributed by atoms with Crippen LogP contribution in [0.5, 0.6) is 0 Å². The monoisotopic (exact) mass is 352 g/mol. The molecule has 1 N–H and O–H groups in total. The predicted octanol–water partition coefficient (Wildman–Crippen LogP) is 2.33. The molecular formula is C21H26N3O2+. The molecule has 1 fully saturated rings. The van der Waals surface area contributed by atoms with Gasteiger partial charge in [0.15, 0.2) is 0 Å². The first-order valence-corrected chi connectivity index (χ1v) is 9.54. The number of amides is 1. The number of hydrogen-bond acceptors (Lipinski definition) is 3. The maximum Gasteiger partial charge on any atom is 0.249 e. The molecule has 0 spiro atoms. The van der Waals surface area contributed by atoms with Crippen molar-refractivity contribution in [1.82, 2.24) is 5.01 Å². The van der Waals surface area contributed by atoms with Crippen LogP contribution in [0.4, 0.5) is 0 Å². The normalized spacial score (nSPS) is 20.6. The fourth-order valence-electron chi connectivity index (χ4n) is 3.89. The standard InChI is InChI=1S/C21H25N3O2/c1-16-6-8-17(9-7-16)18-15-19(20-5-4-14-26-20)24(22-18)21(25)10-13-23-11-2-3-12-23/h4-9,14,19H,2-3,10-13,15H2,1H3/p+1/t19-/m1/s1. The van der Waals surface area contributed by atoms with Crippen LogP contribution in [-0.2, 0) is 4.79 Å². The molecule has 5 heteroatoms. The van der Waals surface area contributed by atoms with E-state index in [0.29, 0.717) is 12.8 Å². The molecule has 0 bridgehead atoms. The van der Waals surface area contributed by atoms with Crippen molar-refractivity contribution in [2.45, 2.75) is 38.6 Å². The van der Waals surface area contributed by atoms with Crippen LogP contribution in [0.15, 0.2) is 52.2 Å². The third-order valence-corrected chi connectivity index (χ3v) is 5.43. The quantitative estimate of drug-likeness (QED) is 0.898. The lowest BCUT2D eigenvalue weighted by Crippen LogP contribution is -3.10. The van der Waals surface area contributed by atoms with Crippen molar-refractivity contribution in [3.63, 3.8) is 0 Å². The van der Waals surface area contributed by atoms with Gasteiger partial charge in [-0.3, -0.25) is 4.79 Å². The van der Waals surface area contributed by atoms with Gasteiger partial charge in [0.2, 0.25) is 5.91 Å². The molecular weight excluding hydrogens is 326 g/mol. The Balaban J connectivity index is 1.53. The van der Waals surface area contributed by atoms with Crippen molar-refractivity contribution in [3.8, 4) is 0 Å². The molecule has 0 aliphatic carbocycles. The zero-order chi connectivity index (χ0) is 17.9. The lowest BCUT2D eigenvalue weighted by Gasteiger charge is -2.20. The number of hydrazone groups is 1. The molecule has 4 rings (SSSR count). The van der Waals surface area contributed by atoms with Crippen LogP contribution in [0.3, 0.4) is 0 Å². The predicted molar refractivity (Wildman–Crippen MR) is 100 cm³/mol. The number of furan rings is 1. The second kappa shape index (κ2) is 7.46. The Morgan fingerprint density at radius 3 is 2.69 bits per heavy atom. The minimum atomic E-state index is -0.137. The molecule has 136 valence electrons. The lowest BCUT2D eigenvalue weighted by molar-refractivity contribution is -0.886. The number of hydrogen-bond donors (Lipinski definition) is 1. The molecule has 5 nitrogen and oxygen atoms in total. The second-order valence-corrected chi connectivity index (χ2v) is 7.34. The van der Waals surface area contributed by atoms with E-state index in [9.17, 15) is 4.79 Å². The highest BCUT2D eigenvalue weighted by atomic mass is 16.3. The fraction of sp³-hybridized carbons (Fsp3) is 0.429. The molecule has 2 aliphatic rings. The van der Waals surface area contributed by atoms with E-state index in [4.69, 9.17) is 9.52 Å². The number of nitrogens with one attached hydrogen (secondary N) is 1. The molecule has 1 aromatic carbocycles. The van der Waals surface area contributed by atoms with Gasteiger partial charge in [0.05, 0.1) is 38.0 Å². The van der Waals surface area contributed by atoms with E-state index in [1.807, 2.05) is 12.1 Å². The molecule has 1 aromatic heterocycles. The Morgan fingerprint density at radius 1 is 1.23 bits per heavy atom. The summed E-state index contributed by atoms with van der Waals surface area (Å²) in [6.07, 6.45) is 5.45. The van der Waals surface area contributed by atoms with E-state index in [-0.39, 0.29) is 11.9 Å². The summed E-state index contributed by atoms with van der Waals surface area (Å²) in [6.45, 7) is 5.34. The molecule has 3 heterocycles. The highest BCUT2D eigenvalue weighted by molar-refractivity contribution is 6.03. The number of benzene rings is 1. The van der Waals surface area contributed by atoms with E-state index in [2.05, 4.69) is 31.2 Å². The second-order valence-electron chi connectivity index (χ2n) is 7.34. The van der Waals surface area contributed by atoms with Crippen LogP contribution >= 0.6 is 0 Å². The Hall–Kier alpha value is -2.40. The first-order chi connectivity index (χ1) is 12.7. The summed E-state index contributed by atoms with van der Waals surface area (Å²) in [5.74, 6) is 0.894. The molecule has 2 aromatic rings. The van der Waals surface area contributed by atoms with E-state index in [1.54, 1.807) is 11.3 Å². The Kier molecular flexibility index (Phi) is 4.89. The topological polar surface area (TPSA) is 50.2 Å². The summed E-state index contributed by atoms with van der Waals surface area (Å²) in [7, 11) is 0. The minimum Gasteiger partial charge on any atom is -0.467 e. The first-order valence-electron chi connectivity index (χ1n) is 9.54. The summed E-state index contributed by atoms with van der Waals surface area (Å²) in [4.78, 5) is 14.4. The van der Waals surface area contributed by atoms with Gasteiger partial charge in [-0.05, 0) is 24.6 Å². The smallest absolute Gasteiger partial charge is 0.249 e. The van der Waals surface area contributed by atoms with E-state index < -0.39 is 0 Å². The maximum absolute atomic E-state index is 12.9. The molecule has 0 radical (unpaired) electrons. The van der Waals surface area contributed by atoms with Crippen LogP contribution in [0, 0.1) is 6.92 Å². The molecule has 2 aliphatic heterocycles. The number of quaternary nitrogens is 1. The van der Waals surface area contributed by atoms with Crippen molar-refractivity contribution in [3.05, 3.63) is 59.5 Å². The number of aryl methyl sites for hydroxylation is 1. The van der Waals surface area contributed by atoms with Gasteiger partial charge in [0.1, 0.15) is 11.8 Å². The van der Waals surface area contributed by atoms with Crippen molar-refractivity contribution >= 4 is 11.6 Å². The fourth-order valence-corrected chi connectivity index (χ4v) is 3.89. The van der Waals surface area contributed by atoms with Crippen LogP contribution in [0.1, 0.15) is 48.6 Å². The molecule has 1 saturated heterocycles. The van der Waals surface area contributed by atoms with Gasteiger partial charge < -0.3 is 9.32 Å². The summed E-state index contributed by atoms with van der Waals surface area (Å²) in [5.41, 5.74) is 3.25. The van der Waals surface area contributed by atoms with Crippen LogP contribution in [-0.4, -0.2) is 36.3 Å². The molecule has 0 unspecified atom stereocenters. The van der Waals surface area contributed by atoms with Gasteiger partial charge in [0, 0.05) is 19.3 Å². The third kappa shape index (κ3) is 3.58. The van der Waals surface area contributed by atoms with E-state index in [1.165, 1.54) is 36.4 Å². The summed E-state index contributed by atoms with van der Waals surface area (Å²) >= 11 is 0. The van der Waals surface area contributed by atoms with Crippen LogP contribution in [0.25, 0.3) is 0 Å². The largest absolute Gasteiger partial charge is 0.467 e. The van der Waals surface area contributed by atoms with Crippen molar-refractivity contribution in [1.29, 1.82) is 0 Å². The average molecular weight is 352 g/mol. The SMILES string of the molecule is Cc1ccc(C2=NN(C(=O)CC[NH+]3CCCC3)[C@@H](c3ccco3)C2)cc1. The highest BCUT2D eigenvalue weighted by Gasteiger charge is 2.35. The van der Waals surface area contributed by atoms with Gasteiger partial charge in [-0.15, -0.1) is 0 Å². The van der Waals surface area contributed by atoms with Crippen molar-refractivity contribution < 1.29 is 14.1 Å². The Morgan fingerprint density at radius 2 is 2.00 bits per heavy atom. The summed E-state index contributed by atoms with van der Waals surface area (Å²) in [5, 5.41) is 6.36. The summed E-state index contributed by atoms with van der Waals surface area (Å²) < 4.78 is 5.61. The Labute approximate surface area is 154 Å². The lowest BCUT2D eigenvalue weighted by atomic mass is 10.0. The maximum atomic E-state index is 12.9. The number of likely N-dealkylation sites (tertiary alicyclic amines) is 1. The van der Waals surface area contributed by atoms with Crippen molar-refractivity contribution in [2.75, 3.05) is 19.6 Å². The van der Waals surface area contributed by atoms with E-state index >= 15 is 0 Å². The number of carbonyl (C=O) groups excluding carboxylic acids is 1. The minimum absolute atomic E-state index is 0.0907. The number of rotatable bonds is 5. The molecule has 1 atom stereocenters. The first kappa shape index (κ1) is 17.0. The highest BCUT2D eigenvalue weighted by Crippen LogP contribution is 2.33. The van der Waals surface area contributed by atoms with Gasteiger partial charge >= 0.3 is 0 Å². The molecule has 1 amide bonds.